The molecule has 0 aliphatic heterocycles. The van der Waals surface area contributed by atoms with Gasteiger partial charge in [-0.3, -0.25) is 0 Å². The first-order valence-electron chi connectivity index (χ1n) is 7.46. The van der Waals surface area contributed by atoms with Gasteiger partial charge in [0.2, 0.25) is 0 Å². The second-order valence-electron chi connectivity index (χ2n) is 4.97. The van der Waals surface area contributed by atoms with E-state index >= 15 is 0 Å². The van der Waals surface area contributed by atoms with Crippen LogP contribution < -0.4 is 0 Å². The van der Waals surface area contributed by atoms with Crippen molar-refractivity contribution in [2.75, 3.05) is 26.2 Å². The van der Waals surface area contributed by atoms with E-state index in [2.05, 4.69) is 32.7 Å². The molecule has 0 fully saturated rings. The van der Waals surface area contributed by atoms with Crippen LogP contribution in [0.3, 0.4) is 0 Å². The average Bonchev–Trinajstić information content (AvgIpc) is 2.39. The van der Waals surface area contributed by atoms with Crippen LogP contribution in [0.4, 0.5) is 0 Å². The molecule has 0 aromatic rings. The second kappa shape index (κ2) is 14.9. The largest absolute Gasteiger partial charge is 0.324 e. The van der Waals surface area contributed by atoms with E-state index in [9.17, 15) is 0 Å². The van der Waals surface area contributed by atoms with Crippen LogP contribution >= 0.6 is 0 Å². The Morgan fingerprint density at radius 1 is 0.722 bits per heavy atom. The maximum atomic E-state index is 6.62. The summed E-state index contributed by atoms with van der Waals surface area (Å²) in [7, 11) is 0. The number of nitrogens with zero attached hydrogens (tertiary/aromatic N) is 1. The Balaban J connectivity index is 0. The monoisotopic (exact) mass is 264 g/mol. The van der Waals surface area contributed by atoms with Crippen LogP contribution in [0.1, 0.15) is 66.2 Å². The fourth-order valence-corrected chi connectivity index (χ4v) is 2.29. The predicted molar refractivity (Wildman–Crippen MR) is 76.5 cm³/mol. The van der Waals surface area contributed by atoms with Crippen LogP contribution in [0.15, 0.2) is 0 Å². The molecule has 0 saturated heterocycles. The smallest absolute Gasteiger partial charge is 0.0786 e. The lowest BCUT2D eigenvalue weighted by Crippen LogP contribution is -2.49. The number of rotatable bonds is 10. The van der Waals surface area contributed by atoms with E-state index in [0.717, 1.165) is 0 Å². The Morgan fingerprint density at radius 3 is 1.17 bits per heavy atom. The molecule has 0 aliphatic carbocycles. The summed E-state index contributed by atoms with van der Waals surface area (Å²) in [6.07, 6.45) is 8.25. The lowest BCUT2D eigenvalue weighted by atomic mass is 10.1. The molecule has 4 nitrogen and oxygen atoms in total. The van der Waals surface area contributed by atoms with E-state index in [1.807, 2.05) is 0 Å². The molecule has 4 heteroatoms. The minimum Gasteiger partial charge on any atom is -0.324 e. The van der Waals surface area contributed by atoms with Crippen LogP contribution in [0, 0.1) is 0 Å². The highest BCUT2D eigenvalue weighted by Crippen LogP contribution is 2.14. The van der Waals surface area contributed by atoms with Crippen molar-refractivity contribution < 1.29 is 20.0 Å². The standard InChI is InChI=1S/C14H32N.H2O3/c1-5-9-12-15(8-4,13-10-6-2)14-11-7-3;1-3-2/h5-14H2,1-4H3;1-2H/q+1;. The first-order valence-corrected chi connectivity index (χ1v) is 7.46. The molecule has 0 aliphatic rings. The highest BCUT2D eigenvalue weighted by molar-refractivity contribution is 4.46. The molecule has 2 N–H and O–H groups in total. The summed E-state index contributed by atoms with van der Waals surface area (Å²) in [6, 6.07) is 0. The van der Waals surface area contributed by atoms with Gasteiger partial charge >= 0.3 is 0 Å². The first-order chi connectivity index (χ1) is 8.66. The molecular formula is C14H34NO3+. The Kier molecular flexibility index (Phi) is 16.7. The summed E-state index contributed by atoms with van der Waals surface area (Å²) in [4.78, 5) is 0. The molecule has 112 valence electrons. The van der Waals surface area contributed by atoms with Crippen LogP contribution in [-0.2, 0) is 5.04 Å². The zero-order valence-electron chi connectivity index (χ0n) is 12.8. The third-order valence-electron chi connectivity index (χ3n) is 3.63. The lowest BCUT2D eigenvalue weighted by Gasteiger charge is -2.38. The van der Waals surface area contributed by atoms with Crippen molar-refractivity contribution in [2.45, 2.75) is 66.2 Å². The number of hydrogen-bond donors (Lipinski definition) is 2. The third kappa shape index (κ3) is 11.0. The van der Waals surface area contributed by atoms with Crippen molar-refractivity contribution >= 4 is 0 Å². The van der Waals surface area contributed by atoms with Gasteiger partial charge in [-0.1, -0.05) is 45.1 Å². The van der Waals surface area contributed by atoms with Gasteiger partial charge in [-0.2, -0.15) is 0 Å². The summed E-state index contributed by atoms with van der Waals surface area (Å²) >= 11 is 0. The molecule has 0 atom stereocenters. The average molecular weight is 264 g/mol. The normalized spacial score (nSPS) is 11.0. The van der Waals surface area contributed by atoms with E-state index < -0.39 is 0 Å². The molecular weight excluding hydrogens is 230 g/mol. The van der Waals surface area contributed by atoms with Crippen molar-refractivity contribution in [3.8, 4) is 0 Å². The van der Waals surface area contributed by atoms with Crippen molar-refractivity contribution in [2.24, 2.45) is 0 Å². The van der Waals surface area contributed by atoms with Gasteiger partial charge < -0.3 is 4.48 Å². The minimum absolute atomic E-state index is 1.33. The van der Waals surface area contributed by atoms with Gasteiger partial charge in [-0.15, -0.1) is 0 Å². The summed E-state index contributed by atoms with van der Waals surface area (Å²) in [6.45, 7) is 14.9. The van der Waals surface area contributed by atoms with E-state index in [0.29, 0.717) is 0 Å². The zero-order chi connectivity index (χ0) is 14.3. The highest BCUT2D eigenvalue weighted by atomic mass is 17.4. The van der Waals surface area contributed by atoms with E-state index in [-0.39, 0.29) is 0 Å². The van der Waals surface area contributed by atoms with E-state index in [1.165, 1.54) is 69.2 Å². The fourth-order valence-electron chi connectivity index (χ4n) is 2.29. The lowest BCUT2D eigenvalue weighted by molar-refractivity contribution is -0.927. The summed E-state index contributed by atoms with van der Waals surface area (Å²) in [5, 5.41) is 15.5. The van der Waals surface area contributed by atoms with Crippen molar-refractivity contribution in [1.29, 1.82) is 0 Å². The van der Waals surface area contributed by atoms with E-state index in [4.69, 9.17) is 10.5 Å². The van der Waals surface area contributed by atoms with Gasteiger partial charge in [0.25, 0.3) is 0 Å². The number of hydrogen-bond acceptors (Lipinski definition) is 3. The van der Waals surface area contributed by atoms with Gasteiger partial charge in [0.05, 0.1) is 26.2 Å². The molecule has 0 aromatic heterocycles. The number of quaternary nitrogens is 1. The Bertz CT molecular complexity index is 132. The van der Waals surface area contributed by atoms with E-state index in [1.54, 1.807) is 0 Å². The molecule has 0 unspecified atom stereocenters. The van der Waals surface area contributed by atoms with Crippen molar-refractivity contribution in [3.63, 3.8) is 0 Å². The molecule has 0 rings (SSSR count). The Labute approximate surface area is 113 Å². The Hall–Kier alpha value is -0.160. The first kappa shape index (κ1) is 20.2. The maximum absolute atomic E-state index is 6.62. The van der Waals surface area contributed by atoms with Gasteiger partial charge in [-0.25, -0.2) is 10.5 Å². The SMILES string of the molecule is CCCC[N+](CC)(CCCC)CCCC.OOO. The highest BCUT2D eigenvalue weighted by Gasteiger charge is 2.22. The summed E-state index contributed by atoms with van der Waals surface area (Å²) in [5.74, 6) is 0. The van der Waals surface area contributed by atoms with Gasteiger partial charge in [-0.05, 0) is 26.2 Å². The third-order valence-corrected chi connectivity index (χ3v) is 3.63. The predicted octanol–water partition coefficient (Wildman–Crippen LogP) is 4.17. The molecule has 0 heterocycles. The van der Waals surface area contributed by atoms with Crippen LogP contribution in [0.5, 0.6) is 0 Å². The van der Waals surface area contributed by atoms with Gasteiger partial charge in [0.1, 0.15) is 0 Å². The molecule has 0 amide bonds. The van der Waals surface area contributed by atoms with Crippen LogP contribution in [0.25, 0.3) is 0 Å². The molecule has 0 saturated carbocycles. The summed E-state index contributed by atoms with van der Waals surface area (Å²) in [5.41, 5.74) is 0. The number of unbranched alkanes of at least 4 members (excludes halogenated alkanes) is 3. The van der Waals surface area contributed by atoms with Gasteiger partial charge in [0.15, 0.2) is 0 Å². The quantitative estimate of drug-likeness (QED) is 0.354. The van der Waals surface area contributed by atoms with Crippen molar-refractivity contribution in [3.05, 3.63) is 0 Å². The topological polar surface area (TPSA) is 49.7 Å². The fraction of sp³-hybridized carbons (Fsp3) is 1.00. The maximum Gasteiger partial charge on any atom is 0.0786 e. The molecule has 0 aromatic carbocycles. The van der Waals surface area contributed by atoms with Crippen LogP contribution in [-0.4, -0.2) is 41.2 Å². The molecule has 0 spiro atoms. The Morgan fingerprint density at radius 2 is 1.00 bits per heavy atom. The minimum atomic E-state index is 1.33. The second-order valence-corrected chi connectivity index (χ2v) is 4.97. The van der Waals surface area contributed by atoms with Gasteiger partial charge in [0, 0.05) is 0 Å². The molecule has 18 heavy (non-hydrogen) atoms. The molecule has 0 radical (unpaired) electrons. The molecule has 0 bridgehead atoms. The van der Waals surface area contributed by atoms with Crippen LogP contribution in [0.2, 0.25) is 0 Å². The zero-order valence-corrected chi connectivity index (χ0v) is 12.8. The summed E-state index contributed by atoms with van der Waals surface area (Å²) < 4.78 is 1.38. The van der Waals surface area contributed by atoms with Crippen molar-refractivity contribution in [1.82, 2.24) is 0 Å².